The van der Waals surface area contributed by atoms with E-state index in [4.69, 9.17) is 27.9 Å². The molecule has 1 aliphatic rings. The van der Waals surface area contributed by atoms with Crippen molar-refractivity contribution in [3.05, 3.63) is 33.9 Å². The average molecular weight is 451 g/mol. The first-order valence-corrected chi connectivity index (χ1v) is 10.4. The second-order valence-corrected chi connectivity index (χ2v) is 9.32. The van der Waals surface area contributed by atoms with Crippen molar-refractivity contribution in [2.45, 2.75) is 44.8 Å². The van der Waals surface area contributed by atoms with Crippen LogP contribution in [0.1, 0.15) is 44.1 Å². The topological polar surface area (TPSA) is 87.4 Å². The largest absolute Gasteiger partial charge is 0.444 e. The molecule has 1 N–H and O–H groups in total. The average Bonchev–Trinajstić information content (AvgIpc) is 3.01. The van der Waals surface area contributed by atoms with E-state index in [1.54, 1.807) is 50.6 Å². The Morgan fingerprint density at radius 2 is 2.00 bits per heavy atom. The SMILES string of the molecule is Cn1c(C(=O)NC2(C#N)CCCN(C(=O)OC(C)(C)C)C2)cc2c(Cl)c(Cl)ccc21. The van der Waals surface area contributed by atoms with Crippen LogP contribution in [0.4, 0.5) is 4.79 Å². The summed E-state index contributed by atoms with van der Waals surface area (Å²) >= 11 is 12.4. The van der Waals surface area contributed by atoms with E-state index in [0.29, 0.717) is 40.5 Å². The van der Waals surface area contributed by atoms with Crippen LogP contribution in [-0.2, 0) is 11.8 Å². The molecule has 2 amide bonds. The minimum atomic E-state index is -1.20. The number of nitriles is 1. The third-order valence-electron chi connectivity index (χ3n) is 5.06. The van der Waals surface area contributed by atoms with Crippen molar-refractivity contribution in [2.24, 2.45) is 7.05 Å². The van der Waals surface area contributed by atoms with Crippen LogP contribution in [0.2, 0.25) is 10.0 Å². The number of hydrogen-bond acceptors (Lipinski definition) is 4. The molecule has 3 rings (SSSR count). The van der Waals surface area contributed by atoms with Crippen molar-refractivity contribution in [2.75, 3.05) is 13.1 Å². The number of nitrogens with zero attached hydrogens (tertiary/aromatic N) is 3. The predicted molar refractivity (Wildman–Crippen MR) is 116 cm³/mol. The number of halogens is 2. The Balaban J connectivity index is 1.85. The second kappa shape index (κ2) is 8.01. The van der Waals surface area contributed by atoms with E-state index in [1.165, 1.54) is 4.90 Å². The second-order valence-electron chi connectivity index (χ2n) is 8.54. The van der Waals surface area contributed by atoms with Crippen LogP contribution < -0.4 is 5.32 Å². The standard InChI is InChI=1S/C21H24Cl2N4O3/c1-20(2,3)30-19(29)27-9-5-8-21(11-24,12-27)25-18(28)16-10-13-15(26(16)4)7-6-14(22)17(13)23/h6-7,10H,5,8-9,12H2,1-4H3,(H,25,28). The minimum Gasteiger partial charge on any atom is -0.444 e. The van der Waals surface area contributed by atoms with E-state index < -0.39 is 23.1 Å². The lowest BCUT2D eigenvalue weighted by atomic mass is 9.90. The number of ether oxygens (including phenoxy) is 1. The maximum absolute atomic E-state index is 13.1. The summed E-state index contributed by atoms with van der Waals surface area (Å²) < 4.78 is 7.12. The Labute approximate surface area is 185 Å². The number of piperidine rings is 1. The predicted octanol–water partition coefficient (Wildman–Crippen LogP) is 4.51. The van der Waals surface area contributed by atoms with Gasteiger partial charge in [-0.05, 0) is 51.8 Å². The van der Waals surface area contributed by atoms with Crippen molar-refractivity contribution < 1.29 is 14.3 Å². The Morgan fingerprint density at radius 3 is 2.63 bits per heavy atom. The van der Waals surface area contributed by atoms with Crippen LogP contribution in [-0.4, -0.2) is 45.7 Å². The van der Waals surface area contributed by atoms with Crippen LogP contribution in [0, 0.1) is 11.3 Å². The molecule has 2 aromatic rings. The smallest absolute Gasteiger partial charge is 0.410 e. The summed E-state index contributed by atoms with van der Waals surface area (Å²) in [6.45, 7) is 5.87. The van der Waals surface area contributed by atoms with Gasteiger partial charge in [0.1, 0.15) is 16.8 Å². The molecule has 1 aromatic heterocycles. The fourth-order valence-electron chi connectivity index (χ4n) is 3.61. The van der Waals surface area contributed by atoms with Gasteiger partial charge in [0.25, 0.3) is 5.91 Å². The summed E-state index contributed by atoms with van der Waals surface area (Å²) in [5.41, 5.74) is -0.751. The van der Waals surface area contributed by atoms with Gasteiger partial charge in [-0.2, -0.15) is 5.26 Å². The summed E-state index contributed by atoms with van der Waals surface area (Å²) in [6, 6.07) is 7.31. The summed E-state index contributed by atoms with van der Waals surface area (Å²) in [5.74, 6) is -0.423. The van der Waals surface area contributed by atoms with Gasteiger partial charge in [-0.1, -0.05) is 23.2 Å². The Morgan fingerprint density at radius 1 is 1.30 bits per heavy atom. The summed E-state index contributed by atoms with van der Waals surface area (Å²) in [4.78, 5) is 27.0. The van der Waals surface area contributed by atoms with E-state index >= 15 is 0 Å². The van der Waals surface area contributed by atoms with Crippen molar-refractivity contribution >= 4 is 46.1 Å². The molecule has 0 aliphatic carbocycles. The van der Waals surface area contributed by atoms with E-state index in [2.05, 4.69) is 11.4 Å². The van der Waals surface area contributed by atoms with Gasteiger partial charge in [0, 0.05) is 24.5 Å². The highest BCUT2D eigenvalue weighted by Gasteiger charge is 2.40. The van der Waals surface area contributed by atoms with Crippen molar-refractivity contribution in [3.63, 3.8) is 0 Å². The van der Waals surface area contributed by atoms with E-state index in [0.717, 1.165) is 5.52 Å². The maximum atomic E-state index is 13.1. The molecule has 160 valence electrons. The highest BCUT2D eigenvalue weighted by Crippen LogP contribution is 2.33. The molecule has 0 radical (unpaired) electrons. The summed E-state index contributed by atoms with van der Waals surface area (Å²) in [5, 5.41) is 14.1. The molecule has 1 aliphatic heterocycles. The number of carbonyl (C=O) groups excluding carboxylic acids is 2. The summed E-state index contributed by atoms with van der Waals surface area (Å²) in [6.07, 6.45) is 0.511. The number of carbonyl (C=O) groups is 2. The quantitative estimate of drug-likeness (QED) is 0.728. The molecular weight excluding hydrogens is 427 g/mol. The number of likely N-dealkylation sites (tertiary alicyclic amines) is 1. The monoisotopic (exact) mass is 450 g/mol. The zero-order valence-electron chi connectivity index (χ0n) is 17.4. The fraction of sp³-hybridized carbons (Fsp3) is 0.476. The molecule has 0 bridgehead atoms. The third kappa shape index (κ3) is 4.35. The molecule has 30 heavy (non-hydrogen) atoms. The number of hydrogen-bond donors (Lipinski definition) is 1. The Bertz CT molecular complexity index is 1050. The van der Waals surface area contributed by atoms with Gasteiger partial charge in [0.15, 0.2) is 0 Å². The number of rotatable bonds is 2. The van der Waals surface area contributed by atoms with Crippen LogP contribution in [0.15, 0.2) is 18.2 Å². The van der Waals surface area contributed by atoms with Gasteiger partial charge in [0.05, 0.1) is 22.7 Å². The minimum absolute atomic E-state index is 0.0562. The first-order chi connectivity index (χ1) is 14.0. The van der Waals surface area contributed by atoms with Crippen molar-refractivity contribution in [1.29, 1.82) is 5.26 Å². The molecule has 0 spiro atoms. The third-order valence-corrected chi connectivity index (χ3v) is 5.88. The molecule has 1 aromatic carbocycles. The van der Waals surface area contributed by atoms with Gasteiger partial charge in [-0.25, -0.2) is 4.79 Å². The normalized spacial score (nSPS) is 19.4. The number of amides is 2. The molecule has 9 heteroatoms. The highest BCUT2D eigenvalue weighted by atomic mass is 35.5. The van der Waals surface area contributed by atoms with Gasteiger partial charge >= 0.3 is 6.09 Å². The van der Waals surface area contributed by atoms with Crippen LogP contribution in [0.3, 0.4) is 0 Å². The molecule has 1 atom stereocenters. The lowest BCUT2D eigenvalue weighted by Crippen LogP contribution is -2.59. The van der Waals surface area contributed by atoms with Gasteiger partial charge in [-0.15, -0.1) is 0 Å². The van der Waals surface area contributed by atoms with Gasteiger partial charge < -0.3 is 19.5 Å². The van der Waals surface area contributed by atoms with Crippen molar-refractivity contribution in [3.8, 4) is 6.07 Å². The number of aryl methyl sites for hydroxylation is 1. The zero-order chi connectivity index (χ0) is 22.3. The lowest BCUT2D eigenvalue weighted by Gasteiger charge is -2.39. The van der Waals surface area contributed by atoms with Gasteiger partial charge in [0.2, 0.25) is 0 Å². The van der Waals surface area contributed by atoms with E-state index in [9.17, 15) is 14.9 Å². The maximum Gasteiger partial charge on any atom is 0.410 e. The molecule has 1 saturated heterocycles. The van der Waals surface area contributed by atoms with Crippen molar-refractivity contribution in [1.82, 2.24) is 14.8 Å². The molecule has 2 heterocycles. The molecular formula is C21H24Cl2N4O3. The molecule has 0 saturated carbocycles. The lowest BCUT2D eigenvalue weighted by molar-refractivity contribution is 0.0148. The zero-order valence-corrected chi connectivity index (χ0v) is 18.9. The van der Waals surface area contributed by atoms with Gasteiger partial charge in [-0.3, -0.25) is 4.79 Å². The number of fused-ring (bicyclic) bond motifs is 1. The molecule has 1 unspecified atom stereocenters. The Kier molecular flexibility index (Phi) is 5.94. The van der Waals surface area contributed by atoms with Crippen LogP contribution >= 0.6 is 23.2 Å². The van der Waals surface area contributed by atoms with Crippen LogP contribution in [0.5, 0.6) is 0 Å². The number of nitrogens with one attached hydrogen (secondary N) is 1. The Hall–Kier alpha value is -2.43. The first-order valence-electron chi connectivity index (χ1n) is 9.61. The first kappa shape index (κ1) is 22.3. The highest BCUT2D eigenvalue weighted by molar-refractivity contribution is 6.45. The molecule has 7 nitrogen and oxygen atoms in total. The van der Waals surface area contributed by atoms with E-state index in [-0.39, 0.29) is 6.54 Å². The molecule has 1 fully saturated rings. The number of benzene rings is 1. The number of aromatic nitrogens is 1. The van der Waals surface area contributed by atoms with E-state index in [1.807, 2.05) is 0 Å². The summed E-state index contributed by atoms with van der Waals surface area (Å²) in [7, 11) is 1.74. The van der Waals surface area contributed by atoms with Crippen LogP contribution in [0.25, 0.3) is 10.9 Å². The fourth-order valence-corrected chi connectivity index (χ4v) is 3.99.